The van der Waals surface area contributed by atoms with Gasteiger partial charge >= 0.3 is 0 Å². The van der Waals surface area contributed by atoms with Crippen LogP contribution in [0.5, 0.6) is 0 Å². The van der Waals surface area contributed by atoms with Crippen molar-refractivity contribution >= 4 is 11.9 Å². The van der Waals surface area contributed by atoms with Gasteiger partial charge in [0.05, 0.1) is 12.0 Å². The number of aliphatic imine (C=N–C) groups is 1. The van der Waals surface area contributed by atoms with Crippen LogP contribution in [0.4, 0.5) is 0 Å². The molecule has 2 aliphatic rings. The monoisotopic (exact) mass is 379 g/mol. The molecule has 1 heterocycles. The lowest BCUT2D eigenvalue weighted by molar-refractivity contribution is -0.138. The number of nitrogens with one attached hydrogen (secondary N) is 2. The van der Waals surface area contributed by atoms with E-state index in [4.69, 9.17) is 4.99 Å². The quantitative estimate of drug-likeness (QED) is 0.502. The zero-order valence-electron chi connectivity index (χ0n) is 18.0. The summed E-state index contributed by atoms with van der Waals surface area (Å²) in [4.78, 5) is 21.8. The topological polar surface area (TPSA) is 60.0 Å². The zero-order chi connectivity index (χ0) is 19.7. The number of hydrogen-bond acceptors (Lipinski definition) is 3. The van der Waals surface area contributed by atoms with E-state index >= 15 is 0 Å². The van der Waals surface area contributed by atoms with Gasteiger partial charge in [-0.05, 0) is 64.6 Å². The fourth-order valence-electron chi connectivity index (χ4n) is 4.52. The highest BCUT2D eigenvalue weighted by molar-refractivity contribution is 5.84. The molecule has 2 rings (SSSR count). The maximum Gasteiger partial charge on any atom is 0.230 e. The van der Waals surface area contributed by atoms with Crippen LogP contribution < -0.4 is 10.6 Å². The Kier molecular flexibility index (Phi) is 8.87. The van der Waals surface area contributed by atoms with Crippen LogP contribution in [0, 0.1) is 11.3 Å². The molecular weight excluding hydrogens is 338 g/mol. The van der Waals surface area contributed by atoms with Crippen LogP contribution in [0.1, 0.15) is 58.8 Å². The van der Waals surface area contributed by atoms with Crippen molar-refractivity contribution in [2.24, 2.45) is 16.3 Å². The molecule has 2 fully saturated rings. The molecule has 1 saturated carbocycles. The van der Waals surface area contributed by atoms with Crippen molar-refractivity contribution in [3.05, 3.63) is 0 Å². The Hall–Kier alpha value is -1.30. The number of amides is 1. The zero-order valence-corrected chi connectivity index (χ0v) is 18.0. The number of guanidine groups is 1. The van der Waals surface area contributed by atoms with Crippen molar-refractivity contribution in [1.29, 1.82) is 0 Å². The summed E-state index contributed by atoms with van der Waals surface area (Å²) in [6.45, 7) is 10.4. The second kappa shape index (κ2) is 10.9. The van der Waals surface area contributed by atoms with Crippen LogP contribution in [0.25, 0.3) is 0 Å². The van der Waals surface area contributed by atoms with Gasteiger partial charge < -0.3 is 20.4 Å². The van der Waals surface area contributed by atoms with Crippen LogP contribution in [-0.4, -0.2) is 75.0 Å². The molecule has 27 heavy (non-hydrogen) atoms. The third kappa shape index (κ3) is 6.37. The summed E-state index contributed by atoms with van der Waals surface area (Å²) >= 11 is 0. The molecule has 1 amide bonds. The molecule has 0 unspecified atom stereocenters. The predicted octanol–water partition coefficient (Wildman–Crippen LogP) is 2.31. The highest BCUT2D eigenvalue weighted by atomic mass is 16.2. The first-order valence-corrected chi connectivity index (χ1v) is 11.0. The first-order valence-electron chi connectivity index (χ1n) is 11.0. The van der Waals surface area contributed by atoms with Crippen LogP contribution in [0.2, 0.25) is 0 Å². The Labute approximate surface area is 166 Å². The van der Waals surface area contributed by atoms with Crippen LogP contribution >= 0.6 is 0 Å². The molecule has 0 aromatic carbocycles. The molecule has 2 N–H and O–H groups in total. The lowest BCUT2D eigenvalue weighted by Gasteiger charge is -2.31. The predicted molar refractivity (Wildman–Crippen MR) is 113 cm³/mol. The molecule has 1 aliphatic carbocycles. The SMILES string of the molecule is CCNC(=NCC1(C(=O)N(C)C)CCCC1)NCCC1CCN(CC)CC1. The molecule has 6 nitrogen and oxygen atoms in total. The van der Waals surface area contributed by atoms with E-state index in [-0.39, 0.29) is 11.3 Å². The number of carbonyl (C=O) groups is 1. The molecule has 1 aliphatic heterocycles. The molecule has 0 bridgehead atoms. The second-order valence-electron chi connectivity index (χ2n) is 8.48. The van der Waals surface area contributed by atoms with Crippen molar-refractivity contribution in [3.63, 3.8) is 0 Å². The molecule has 0 atom stereocenters. The highest BCUT2D eigenvalue weighted by Crippen LogP contribution is 2.39. The summed E-state index contributed by atoms with van der Waals surface area (Å²) in [5, 5.41) is 6.85. The van der Waals surface area contributed by atoms with E-state index in [9.17, 15) is 4.79 Å². The van der Waals surface area contributed by atoms with Crippen molar-refractivity contribution in [1.82, 2.24) is 20.4 Å². The minimum Gasteiger partial charge on any atom is -0.357 e. The third-order valence-corrected chi connectivity index (χ3v) is 6.30. The van der Waals surface area contributed by atoms with E-state index in [2.05, 4.69) is 29.4 Å². The van der Waals surface area contributed by atoms with Crippen molar-refractivity contribution in [2.45, 2.75) is 58.8 Å². The third-order valence-electron chi connectivity index (χ3n) is 6.30. The van der Waals surface area contributed by atoms with Gasteiger partial charge in [0.1, 0.15) is 0 Å². The summed E-state index contributed by atoms with van der Waals surface area (Å²) in [5.74, 6) is 1.92. The van der Waals surface area contributed by atoms with E-state index < -0.39 is 0 Å². The standard InChI is InChI=1S/C21H41N5O/c1-5-22-20(23-14-9-18-10-15-26(6-2)16-11-18)24-17-21(12-7-8-13-21)19(27)25(3)4/h18H,5-17H2,1-4H3,(H2,22,23,24). The van der Waals surface area contributed by atoms with Gasteiger partial charge in [0.2, 0.25) is 5.91 Å². The number of nitrogens with zero attached hydrogens (tertiary/aromatic N) is 3. The first-order chi connectivity index (χ1) is 13.0. The number of piperidine rings is 1. The van der Waals surface area contributed by atoms with Gasteiger partial charge in [-0.15, -0.1) is 0 Å². The highest BCUT2D eigenvalue weighted by Gasteiger charge is 2.42. The maximum absolute atomic E-state index is 12.7. The smallest absolute Gasteiger partial charge is 0.230 e. The Morgan fingerprint density at radius 3 is 2.37 bits per heavy atom. The van der Waals surface area contributed by atoms with Gasteiger partial charge in [-0.3, -0.25) is 9.79 Å². The average molecular weight is 380 g/mol. The Bertz CT molecular complexity index is 477. The van der Waals surface area contributed by atoms with E-state index in [1.54, 1.807) is 4.90 Å². The number of hydrogen-bond donors (Lipinski definition) is 2. The van der Waals surface area contributed by atoms with Gasteiger partial charge in [0.25, 0.3) is 0 Å². The Balaban J connectivity index is 1.85. The molecule has 6 heteroatoms. The molecule has 0 aromatic heterocycles. The molecular formula is C21H41N5O. The number of carbonyl (C=O) groups excluding carboxylic acids is 1. The lowest BCUT2D eigenvalue weighted by atomic mass is 9.85. The average Bonchev–Trinajstić information content (AvgIpc) is 3.16. The van der Waals surface area contributed by atoms with Gasteiger partial charge in [0.15, 0.2) is 5.96 Å². The van der Waals surface area contributed by atoms with Crippen LogP contribution in [0.3, 0.4) is 0 Å². The van der Waals surface area contributed by atoms with Gasteiger partial charge in [-0.2, -0.15) is 0 Å². The number of rotatable bonds is 8. The molecule has 0 aromatic rings. The first kappa shape index (κ1) is 22.0. The van der Waals surface area contributed by atoms with E-state index in [1.807, 2.05) is 14.1 Å². The summed E-state index contributed by atoms with van der Waals surface area (Å²) < 4.78 is 0. The van der Waals surface area contributed by atoms with Crippen molar-refractivity contribution in [2.75, 3.05) is 53.4 Å². The second-order valence-corrected chi connectivity index (χ2v) is 8.48. The van der Waals surface area contributed by atoms with Crippen LogP contribution in [-0.2, 0) is 4.79 Å². The van der Waals surface area contributed by atoms with E-state index in [1.165, 1.54) is 38.9 Å². The minimum atomic E-state index is -0.293. The Morgan fingerprint density at radius 2 is 1.81 bits per heavy atom. The minimum absolute atomic E-state index is 0.238. The summed E-state index contributed by atoms with van der Waals surface area (Å²) in [5.41, 5.74) is -0.293. The largest absolute Gasteiger partial charge is 0.357 e. The Morgan fingerprint density at radius 1 is 1.15 bits per heavy atom. The fraction of sp³-hybridized carbons (Fsp3) is 0.905. The maximum atomic E-state index is 12.7. The van der Waals surface area contributed by atoms with Crippen molar-refractivity contribution < 1.29 is 4.79 Å². The van der Waals surface area contributed by atoms with E-state index in [0.717, 1.165) is 50.7 Å². The summed E-state index contributed by atoms with van der Waals surface area (Å²) in [7, 11) is 3.72. The molecule has 156 valence electrons. The number of likely N-dealkylation sites (tertiary alicyclic amines) is 1. The van der Waals surface area contributed by atoms with Crippen LogP contribution in [0.15, 0.2) is 4.99 Å². The van der Waals surface area contributed by atoms with Gasteiger partial charge in [-0.25, -0.2) is 0 Å². The van der Waals surface area contributed by atoms with Gasteiger partial charge in [0, 0.05) is 27.2 Å². The summed E-state index contributed by atoms with van der Waals surface area (Å²) in [6.07, 6.45) is 8.01. The van der Waals surface area contributed by atoms with E-state index in [0.29, 0.717) is 6.54 Å². The molecule has 0 spiro atoms. The molecule has 1 saturated heterocycles. The van der Waals surface area contributed by atoms with Crippen molar-refractivity contribution in [3.8, 4) is 0 Å². The molecule has 0 radical (unpaired) electrons. The normalized spacial score (nSPS) is 21.3. The summed E-state index contributed by atoms with van der Waals surface area (Å²) in [6, 6.07) is 0. The fourth-order valence-corrected chi connectivity index (χ4v) is 4.52. The lowest BCUT2D eigenvalue weighted by Crippen LogP contribution is -2.43. The van der Waals surface area contributed by atoms with Gasteiger partial charge in [-0.1, -0.05) is 19.8 Å².